The van der Waals surface area contributed by atoms with Gasteiger partial charge in [-0.3, -0.25) is 0 Å². The Labute approximate surface area is 158 Å². The lowest BCUT2D eigenvalue weighted by atomic mass is 10.0. The third kappa shape index (κ3) is 3.59. The van der Waals surface area contributed by atoms with Crippen molar-refractivity contribution in [2.75, 3.05) is 27.9 Å². The van der Waals surface area contributed by atoms with Crippen molar-refractivity contribution >= 4 is 10.0 Å². The molecular weight excluding hydrogens is 373 g/mol. The lowest BCUT2D eigenvalue weighted by Gasteiger charge is -2.26. The summed E-state index contributed by atoms with van der Waals surface area (Å²) in [6.45, 7) is 0.357. The van der Waals surface area contributed by atoms with Crippen molar-refractivity contribution in [3.8, 4) is 17.2 Å². The van der Waals surface area contributed by atoms with Crippen LogP contribution in [0.3, 0.4) is 0 Å². The maximum atomic E-state index is 14.0. The smallest absolute Gasteiger partial charge is 0.243 e. The van der Waals surface area contributed by atoms with Gasteiger partial charge in [-0.15, -0.1) is 0 Å². The van der Waals surface area contributed by atoms with Crippen molar-refractivity contribution in [3.63, 3.8) is 0 Å². The third-order valence-electron chi connectivity index (χ3n) is 4.73. The summed E-state index contributed by atoms with van der Waals surface area (Å²) in [5, 5.41) is 0. The quantitative estimate of drug-likeness (QED) is 0.750. The van der Waals surface area contributed by atoms with Crippen LogP contribution in [0.1, 0.15) is 24.4 Å². The molecule has 0 N–H and O–H groups in total. The van der Waals surface area contributed by atoms with Gasteiger partial charge >= 0.3 is 0 Å². The van der Waals surface area contributed by atoms with Crippen LogP contribution < -0.4 is 14.2 Å². The van der Waals surface area contributed by atoms with Crippen LogP contribution in [0.2, 0.25) is 0 Å². The van der Waals surface area contributed by atoms with E-state index in [0.717, 1.165) is 11.6 Å². The molecule has 0 amide bonds. The molecular formula is C19H22FNO5S. The molecule has 1 unspecified atom stereocenters. The molecule has 1 fully saturated rings. The summed E-state index contributed by atoms with van der Waals surface area (Å²) in [7, 11) is 0.546. The molecule has 8 heteroatoms. The minimum atomic E-state index is -3.87. The molecule has 0 spiro atoms. The molecule has 6 nitrogen and oxygen atoms in total. The predicted molar refractivity (Wildman–Crippen MR) is 98.4 cm³/mol. The van der Waals surface area contributed by atoms with Crippen LogP contribution in [0, 0.1) is 5.82 Å². The Kier molecular flexibility index (Phi) is 5.57. The molecule has 1 aliphatic heterocycles. The van der Waals surface area contributed by atoms with E-state index in [2.05, 4.69) is 0 Å². The van der Waals surface area contributed by atoms with Crippen LogP contribution in [0.4, 0.5) is 4.39 Å². The first-order valence-corrected chi connectivity index (χ1v) is 9.93. The molecule has 1 saturated heterocycles. The van der Waals surface area contributed by atoms with Crippen LogP contribution in [0.5, 0.6) is 17.2 Å². The van der Waals surface area contributed by atoms with E-state index in [9.17, 15) is 12.8 Å². The van der Waals surface area contributed by atoms with E-state index in [-0.39, 0.29) is 16.7 Å². The van der Waals surface area contributed by atoms with Crippen molar-refractivity contribution in [1.82, 2.24) is 4.31 Å². The first-order chi connectivity index (χ1) is 12.9. The largest absolute Gasteiger partial charge is 0.497 e. The normalized spacial score (nSPS) is 17.7. The zero-order valence-electron chi connectivity index (χ0n) is 15.4. The van der Waals surface area contributed by atoms with Crippen molar-refractivity contribution in [2.24, 2.45) is 0 Å². The highest BCUT2D eigenvalue weighted by molar-refractivity contribution is 7.89. The summed E-state index contributed by atoms with van der Waals surface area (Å²) < 4.78 is 57.3. The van der Waals surface area contributed by atoms with Gasteiger partial charge in [0.1, 0.15) is 11.5 Å². The summed E-state index contributed by atoms with van der Waals surface area (Å²) in [5.74, 6) is 0.475. The lowest BCUT2D eigenvalue weighted by molar-refractivity contribution is 0.360. The summed E-state index contributed by atoms with van der Waals surface area (Å²) >= 11 is 0. The molecule has 3 rings (SSSR count). The fourth-order valence-corrected chi connectivity index (χ4v) is 5.06. The zero-order chi connectivity index (χ0) is 19.6. The molecule has 0 bridgehead atoms. The van der Waals surface area contributed by atoms with Crippen LogP contribution in [-0.2, 0) is 10.0 Å². The van der Waals surface area contributed by atoms with Crippen LogP contribution >= 0.6 is 0 Å². The fraction of sp³-hybridized carbons (Fsp3) is 0.368. The second-order valence-corrected chi connectivity index (χ2v) is 8.07. The molecule has 0 saturated carbocycles. The third-order valence-corrected chi connectivity index (χ3v) is 6.64. The molecule has 146 valence electrons. The van der Waals surface area contributed by atoms with Crippen molar-refractivity contribution < 1.29 is 27.0 Å². The number of hydrogen-bond donors (Lipinski definition) is 0. The average molecular weight is 395 g/mol. The Hall–Kier alpha value is -2.32. The minimum Gasteiger partial charge on any atom is -0.497 e. The Morgan fingerprint density at radius 2 is 1.74 bits per heavy atom. The summed E-state index contributed by atoms with van der Waals surface area (Å²) in [4.78, 5) is -0.0971. The Morgan fingerprint density at radius 1 is 1.00 bits per heavy atom. The minimum absolute atomic E-state index is 0.00347. The van der Waals surface area contributed by atoms with Gasteiger partial charge < -0.3 is 14.2 Å². The van der Waals surface area contributed by atoms with Gasteiger partial charge in [-0.1, -0.05) is 6.07 Å². The standard InChI is InChI=1S/C19H22FNO5S/c1-24-13-6-8-15(19(11-13)26-3)17-5-4-10-21(17)27(22,23)14-7-9-18(25-2)16(20)12-14/h6-9,11-12,17H,4-5,10H2,1-3H3. The molecule has 1 atom stereocenters. The number of hydrogen-bond acceptors (Lipinski definition) is 5. The number of sulfonamides is 1. The molecule has 1 aliphatic rings. The van der Waals surface area contributed by atoms with E-state index in [1.54, 1.807) is 19.2 Å². The van der Waals surface area contributed by atoms with Crippen LogP contribution in [-0.4, -0.2) is 40.6 Å². The van der Waals surface area contributed by atoms with E-state index in [1.807, 2.05) is 6.07 Å². The number of benzene rings is 2. The van der Waals surface area contributed by atoms with E-state index >= 15 is 0 Å². The zero-order valence-corrected chi connectivity index (χ0v) is 16.3. The molecule has 27 heavy (non-hydrogen) atoms. The molecule has 0 aliphatic carbocycles. The van der Waals surface area contributed by atoms with Crippen molar-refractivity contribution in [2.45, 2.75) is 23.8 Å². The number of methoxy groups -OCH3 is 3. The average Bonchev–Trinajstić information content (AvgIpc) is 3.17. The number of ether oxygens (including phenoxy) is 3. The maximum absolute atomic E-state index is 14.0. The molecule has 1 heterocycles. The van der Waals surface area contributed by atoms with Gasteiger partial charge in [0.05, 0.1) is 32.3 Å². The fourth-order valence-electron chi connectivity index (χ4n) is 3.38. The molecule has 0 aromatic heterocycles. The van der Waals surface area contributed by atoms with Crippen molar-refractivity contribution in [3.05, 3.63) is 47.8 Å². The lowest BCUT2D eigenvalue weighted by Crippen LogP contribution is -2.31. The molecule has 2 aromatic carbocycles. The predicted octanol–water partition coefficient (Wildman–Crippen LogP) is 3.38. The SMILES string of the molecule is COc1ccc(C2CCCN2S(=O)(=O)c2ccc(OC)c(F)c2)c(OC)c1. The highest BCUT2D eigenvalue weighted by Gasteiger charge is 2.38. The molecule has 0 radical (unpaired) electrons. The molecule has 2 aromatic rings. The summed E-state index contributed by atoms with van der Waals surface area (Å²) in [6, 6.07) is 8.60. The Balaban J connectivity index is 2.00. The second kappa shape index (κ2) is 7.74. The second-order valence-electron chi connectivity index (χ2n) is 6.18. The first kappa shape index (κ1) is 19.4. The monoisotopic (exact) mass is 395 g/mol. The number of nitrogens with zero attached hydrogens (tertiary/aromatic N) is 1. The van der Waals surface area contributed by atoms with Gasteiger partial charge in [-0.05, 0) is 37.1 Å². The van der Waals surface area contributed by atoms with Crippen LogP contribution in [0.15, 0.2) is 41.3 Å². The maximum Gasteiger partial charge on any atom is 0.243 e. The van der Waals surface area contributed by atoms with Gasteiger partial charge in [0.15, 0.2) is 11.6 Å². The van der Waals surface area contributed by atoms with Gasteiger partial charge in [0, 0.05) is 18.2 Å². The first-order valence-electron chi connectivity index (χ1n) is 8.49. The topological polar surface area (TPSA) is 65.1 Å². The summed E-state index contributed by atoms with van der Waals surface area (Å²) in [5.41, 5.74) is 0.758. The van der Waals surface area contributed by atoms with E-state index in [0.29, 0.717) is 30.9 Å². The van der Waals surface area contributed by atoms with Gasteiger partial charge in [-0.25, -0.2) is 12.8 Å². The highest BCUT2D eigenvalue weighted by atomic mass is 32.2. The van der Waals surface area contributed by atoms with E-state index in [4.69, 9.17) is 14.2 Å². The van der Waals surface area contributed by atoms with Gasteiger partial charge in [-0.2, -0.15) is 4.31 Å². The van der Waals surface area contributed by atoms with E-state index in [1.165, 1.54) is 30.7 Å². The number of halogens is 1. The number of rotatable bonds is 6. The van der Waals surface area contributed by atoms with Crippen LogP contribution in [0.25, 0.3) is 0 Å². The van der Waals surface area contributed by atoms with E-state index < -0.39 is 15.8 Å². The Bertz CT molecular complexity index is 932. The van der Waals surface area contributed by atoms with Gasteiger partial charge in [0.2, 0.25) is 10.0 Å². The van der Waals surface area contributed by atoms with Gasteiger partial charge in [0.25, 0.3) is 0 Å². The Morgan fingerprint density at radius 3 is 2.37 bits per heavy atom. The van der Waals surface area contributed by atoms with Crippen molar-refractivity contribution in [1.29, 1.82) is 0 Å². The highest BCUT2D eigenvalue weighted by Crippen LogP contribution is 2.41. The summed E-state index contributed by atoms with van der Waals surface area (Å²) in [6.07, 6.45) is 1.36.